The van der Waals surface area contributed by atoms with Gasteiger partial charge in [0.15, 0.2) is 0 Å². The Morgan fingerprint density at radius 1 is 1.43 bits per heavy atom. The Bertz CT molecular complexity index is 495. The third-order valence-electron chi connectivity index (χ3n) is 3.95. The molecule has 1 aromatic carbocycles. The normalized spacial score (nSPS) is 20.5. The fourth-order valence-corrected chi connectivity index (χ4v) is 2.86. The molecule has 2 rings (SSSR count). The van der Waals surface area contributed by atoms with Gasteiger partial charge in [-0.05, 0) is 31.9 Å². The second kappa shape index (κ2) is 7.80. The largest absolute Gasteiger partial charge is 0.465 e. The van der Waals surface area contributed by atoms with Gasteiger partial charge in [0.05, 0.1) is 18.6 Å². The van der Waals surface area contributed by atoms with E-state index in [0.29, 0.717) is 13.2 Å². The number of carbonyl (C=O) groups excluding carboxylic acids is 1. The molecule has 112 valence electrons. The molecule has 1 heterocycles. The lowest BCUT2D eigenvalue weighted by atomic mass is 9.96. The Balaban J connectivity index is 2.07. The zero-order chi connectivity index (χ0) is 15.1. The first-order chi connectivity index (χ1) is 10.3. The molecular weight excluding hydrogens is 264 g/mol. The van der Waals surface area contributed by atoms with Gasteiger partial charge in [-0.1, -0.05) is 36.8 Å². The summed E-state index contributed by atoms with van der Waals surface area (Å²) in [6.45, 7) is 3.68. The molecule has 4 nitrogen and oxygen atoms in total. The molecule has 1 aliphatic heterocycles. The van der Waals surface area contributed by atoms with Gasteiger partial charge in [-0.15, -0.1) is 0 Å². The molecule has 21 heavy (non-hydrogen) atoms. The molecule has 0 saturated carbocycles. The first-order valence-electron chi connectivity index (χ1n) is 7.61. The highest BCUT2D eigenvalue weighted by Gasteiger charge is 2.31. The van der Waals surface area contributed by atoms with E-state index in [2.05, 4.69) is 11.0 Å². The quantitative estimate of drug-likeness (QED) is 0.781. The van der Waals surface area contributed by atoms with Gasteiger partial charge in [-0.2, -0.15) is 5.26 Å². The first-order valence-corrected chi connectivity index (χ1v) is 7.61. The predicted octanol–water partition coefficient (Wildman–Crippen LogP) is 2.71. The van der Waals surface area contributed by atoms with Crippen molar-refractivity contribution >= 4 is 5.97 Å². The van der Waals surface area contributed by atoms with Crippen molar-refractivity contribution in [2.45, 2.75) is 38.1 Å². The van der Waals surface area contributed by atoms with E-state index in [-0.39, 0.29) is 17.9 Å². The topological polar surface area (TPSA) is 53.3 Å². The second-order valence-electron chi connectivity index (χ2n) is 5.35. The Kier molecular flexibility index (Phi) is 5.77. The maximum atomic E-state index is 12.1. The van der Waals surface area contributed by atoms with E-state index >= 15 is 0 Å². The van der Waals surface area contributed by atoms with Crippen LogP contribution in [0.1, 0.15) is 37.7 Å². The number of hydrogen-bond acceptors (Lipinski definition) is 4. The lowest BCUT2D eigenvalue weighted by molar-refractivity contribution is -0.150. The summed E-state index contributed by atoms with van der Waals surface area (Å²) in [5.41, 5.74) is 1.01. The van der Waals surface area contributed by atoms with Gasteiger partial charge in [-0.25, -0.2) is 0 Å². The van der Waals surface area contributed by atoms with Gasteiger partial charge >= 0.3 is 5.97 Å². The highest BCUT2D eigenvalue weighted by atomic mass is 16.5. The molecule has 0 N–H and O–H groups in total. The summed E-state index contributed by atoms with van der Waals surface area (Å²) in [7, 11) is 0. The Morgan fingerprint density at radius 2 is 2.19 bits per heavy atom. The summed E-state index contributed by atoms with van der Waals surface area (Å²) < 4.78 is 5.17. The third-order valence-corrected chi connectivity index (χ3v) is 3.95. The van der Waals surface area contributed by atoms with E-state index in [1.54, 1.807) is 0 Å². The molecule has 0 aliphatic carbocycles. The monoisotopic (exact) mass is 286 g/mol. The van der Waals surface area contributed by atoms with Crippen molar-refractivity contribution in [3.8, 4) is 6.07 Å². The molecule has 1 aliphatic rings. The van der Waals surface area contributed by atoms with E-state index < -0.39 is 0 Å². The average Bonchev–Trinajstić information content (AvgIpc) is 2.54. The highest BCUT2D eigenvalue weighted by molar-refractivity contribution is 5.75. The number of hydrogen-bond donors (Lipinski definition) is 0. The van der Waals surface area contributed by atoms with E-state index in [0.717, 1.165) is 31.4 Å². The van der Waals surface area contributed by atoms with Crippen LogP contribution in [0.4, 0.5) is 0 Å². The highest BCUT2D eigenvalue weighted by Crippen LogP contribution is 2.23. The van der Waals surface area contributed by atoms with Crippen molar-refractivity contribution < 1.29 is 9.53 Å². The standard InChI is InChI=1S/C17H22N2O2/c1-2-21-17(20)16-10-6-7-11-19(16)13-15(12-18)14-8-4-3-5-9-14/h3-5,8-9,15-16H,2,6-7,10-11,13H2,1H3. The van der Waals surface area contributed by atoms with Crippen molar-refractivity contribution in [1.29, 1.82) is 5.26 Å². The van der Waals surface area contributed by atoms with Crippen molar-refractivity contribution in [2.24, 2.45) is 0 Å². The van der Waals surface area contributed by atoms with Crippen LogP contribution >= 0.6 is 0 Å². The Morgan fingerprint density at radius 3 is 2.86 bits per heavy atom. The van der Waals surface area contributed by atoms with Crippen molar-refractivity contribution in [2.75, 3.05) is 19.7 Å². The van der Waals surface area contributed by atoms with Gasteiger partial charge in [-0.3, -0.25) is 9.69 Å². The Hall–Kier alpha value is -1.86. The summed E-state index contributed by atoms with van der Waals surface area (Å²) in [6, 6.07) is 11.9. The zero-order valence-corrected chi connectivity index (χ0v) is 12.5. The number of nitrogens with zero attached hydrogens (tertiary/aromatic N) is 2. The fourth-order valence-electron chi connectivity index (χ4n) is 2.86. The minimum absolute atomic E-state index is 0.151. The van der Waals surface area contributed by atoms with Crippen LogP contribution in [0.25, 0.3) is 0 Å². The van der Waals surface area contributed by atoms with Crippen LogP contribution in [0, 0.1) is 11.3 Å². The molecule has 1 fully saturated rings. The van der Waals surface area contributed by atoms with Crippen LogP contribution in [0.2, 0.25) is 0 Å². The lowest BCUT2D eigenvalue weighted by Gasteiger charge is -2.35. The van der Waals surface area contributed by atoms with E-state index in [1.807, 2.05) is 37.3 Å². The maximum absolute atomic E-state index is 12.1. The minimum atomic E-state index is -0.207. The molecule has 0 aromatic heterocycles. The molecule has 1 aromatic rings. The molecule has 2 unspecified atom stereocenters. The smallest absolute Gasteiger partial charge is 0.323 e. The van der Waals surface area contributed by atoms with Crippen molar-refractivity contribution in [1.82, 2.24) is 4.90 Å². The van der Waals surface area contributed by atoms with Crippen molar-refractivity contribution in [3.05, 3.63) is 35.9 Å². The number of ether oxygens (including phenoxy) is 1. The van der Waals surface area contributed by atoms with Gasteiger partial charge < -0.3 is 4.74 Å². The molecule has 4 heteroatoms. The van der Waals surface area contributed by atoms with E-state index in [4.69, 9.17) is 4.74 Å². The number of rotatable bonds is 5. The molecule has 0 amide bonds. The summed E-state index contributed by atoms with van der Waals surface area (Å²) in [4.78, 5) is 14.2. The lowest BCUT2D eigenvalue weighted by Crippen LogP contribution is -2.47. The van der Waals surface area contributed by atoms with Crippen LogP contribution in [-0.2, 0) is 9.53 Å². The van der Waals surface area contributed by atoms with Gasteiger partial charge in [0.1, 0.15) is 6.04 Å². The predicted molar refractivity (Wildman–Crippen MR) is 80.6 cm³/mol. The molecule has 0 bridgehead atoms. The van der Waals surface area contributed by atoms with Crippen LogP contribution in [0.5, 0.6) is 0 Å². The number of nitriles is 1. The number of esters is 1. The van der Waals surface area contributed by atoms with E-state index in [9.17, 15) is 10.1 Å². The summed E-state index contributed by atoms with van der Waals surface area (Å²) in [5, 5.41) is 9.45. The molecule has 2 atom stereocenters. The van der Waals surface area contributed by atoms with Crippen molar-refractivity contribution in [3.63, 3.8) is 0 Å². The molecule has 0 radical (unpaired) electrons. The fraction of sp³-hybridized carbons (Fsp3) is 0.529. The zero-order valence-electron chi connectivity index (χ0n) is 12.5. The summed E-state index contributed by atoms with van der Waals surface area (Å²) >= 11 is 0. The summed E-state index contributed by atoms with van der Waals surface area (Å²) in [6.07, 6.45) is 2.94. The summed E-state index contributed by atoms with van der Waals surface area (Å²) in [5.74, 6) is -0.358. The molecular formula is C17H22N2O2. The number of benzene rings is 1. The van der Waals surface area contributed by atoms with Gasteiger partial charge in [0.2, 0.25) is 0 Å². The number of likely N-dealkylation sites (tertiary alicyclic amines) is 1. The Labute approximate surface area is 126 Å². The molecule has 1 saturated heterocycles. The van der Waals surface area contributed by atoms with Crippen LogP contribution in [0.3, 0.4) is 0 Å². The van der Waals surface area contributed by atoms with Gasteiger partial charge in [0, 0.05) is 6.54 Å². The minimum Gasteiger partial charge on any atom is -0.465 e. The molecule has 0 spiro atoms. The average molecular weight is 286 g/mol. The third kappa shape index (κ3) is 4.05. The van der Waals surface area contributed by atoms with Crippen LogP contribution in [0.15, 0.2) is 30.3 Å². The maximum Gasteiger partial charge on any atom is 0.323 e. The number of piperidine rings is 1. The van der Waals surface area contributed by atoms with Crippen LogP contribution < -0.4 is 0 Å². The number of carbonyl (C=O) groups is 1. The SMILES string of the molecule is CCOC(=O)C1CCCCN1CC(C#N)c1ccccc1. The van der Waals surface area contributed by atoms with Crippen LogP contribution in [-0.4, -0.2) is 36.6 Å². The van der Waals surface area contributed by atoms with E-state index in [1.165, 1.54) is 0 Å². The van der Waals surface area contributed by atoms with Gasteiger partial charge in [0.25, 0.3) is 0 Å². The first kappa shape index (κ1) is 15.5. The second-order valence-corrected chi connectivity index (χ2v) is 5.35.